The first kappa shape index (κ1) is 15.0. The molecule has 2 nitrogen and oxygen atoms in total. The molecule has 18 heavy (non-hydrogen) atoms. The van der Waals surface area contributed by atoms with Gasteiger partial charge in [-0.15, -0.1) is 0 Å². The molecule has 0 heterocycles. The zero-order valence-electron chi connectivity index (χ0n) is 10.4. The van der Waals surface area contributed by atoms with Crippen LogP contribution in [0.1, 0.15) is 31.1 Å². The minimum absolute atomic E-state index is 0.557. The summed E-state index contributed by atoms with van der Waals surface area (Å²) in [7, 11) is 0. The Balaban J connectivity index is 2.59. The molecular formula is C13H17F3O2. The Labute approximate surface area is 104 Å². The standard InChI is InChI=1S/C13H17F3O2/c1-3-10-4-6-11(7-5-10)12(17)9(2)18-8-13(14,15)16/h4-7,9,12,17H,3,8H2,1-2H3. The summed E-state index contributed by atoms with van der Waals surface area (Å²) in [4.78, 5) is 0. The molecule has 0 bridgehead atoms. The van der Waals surface area contributed by atoms with Crippen molar-refractivity contribution in [1.82, 2.24) is 0 Å². The molecule has 0 aliphatic heterocycles. The summed E-state index contributed by atoms with van der Waals surface area (Å²) in [5.41, 5.74) is 1.66. The second-order valence-electron chi connectivity index (χ2n) is 4.17. The number of aliphatic hydroxyl groups is 1. The molecule has 0 amide bonds. The minimum atomic E-state index is -4.37. The van der Waals surface area contributed by atoms with Crippen molar-refractivity contribution in [2.75, 3.05) is 6.61 Å². The molecule has 2 unspecified atom stereocenters. The number of hydrogen-bond donors (Lipinski definition) is 1. The van der Waals surface area contributed by atoms with Crippen molar-refractivity contribution in [3.05, 3.63) is 35.4 Å². The number of alkyl halides is 3. The number of halogens is 3. The van der Waals surface area contributed by atoms with E-state index < -0.39 is 25.0 Å². The smallest absolute Gasteiger partial charge is 0.386 e. The van der Waals surface area contributed by atoms with Crippen molar-refractivity contribution >= 4 is 0 Å². The van der Waals surface area contributed by atoms with Gasteiger partial charge in [0.15, 0.2) is 0 Å². The zero-order valence-corrected chi connectivity index (χ0v) is 10.4. The van der Waals surface area contributed by atoms with E-state index in [1.165, 1.54) is 6.92 Å². The lowest BCUT2D eigenvalue weighted by molar-refractivity contribution is -0.193. The fourth-order valence-corrected chi connectivity index (χ4v) is 1.54. The van der Waals surface area contributed by atoms with Gasteiger partial charge in [-0.05, 0) is 24.5 Å². The van der Waals surface area contributed by atoms with Crippen LogP contribution in [0.15, 0.2) is 24.3 Å². The average Bonchev–Trinajstić information content (AvgIpc) is 2.34. The van der Waals surface area contributed by atoms with E-state index in [2.05, 4.69) is 4.74 Å². The van der Waals surface area contributed by atoms with Gasteiger partial charge in [0.2, 0.25) is 0 Å². The SMILES string of the molecule is CCc1ccc(C(O)C(C)OCC(F)(F)F)cc1. The molecule has 0 saturated heterocycles. The molecular weight excluding hydrogens is 245 g/mol. The normalized spacial score (nSPS) is 15.4. The molecule has 1 N–H and O–H groups in total. The third-order valence-electron chi connectivity index (χ3n) is 2.68. The third kappa shape index (κ3) is 4.66. The first-order valence-corrected chi connectivity index (χ1v) is 5.78. The van der Waals surface area contributed by atoms with Crippen LogP contribution in [-0.2, 0) is 11.2 Å². The topological polar surface area (TPSA) is 29.5 Å². The van der Waals surface area contributed by atoms with Crippen LogP contribution in [0.25, 0.3) is 0 Å². The Hall–Kier alpha value is -1.07. The maximum Gasteiger partial charge on any atom is 0.411 e. The van der Waals surface area contributed by atoms with Gasteiger partial charge < -0.3 is 9.84 Å². The molecule has 0 aromatic heterocycles. The number of benzene rings is 1. The largest absolute Gasteiger partial charge is 0.411 e. The molecule has 5 heteroatoms. The second kappa shape index (κ2) is 6.20. The third-order valence-corrected chi connectivity index (χ3v) is 2.68. The van der Waals surface area contributed by atoms with Gasteiger partial charge in [-0.3, -0.25) is 0 Å². The van der Waals surface area contributed by atoms with Crippen molar-refractivity contribution in [3.8, 4) is 0 Å². The Bertz CT molecular complexity index is 359. The summed E-state index contributed by atoms with van der Waals surface area (Å²) >= 11 is 0. The molecule has 1 aromatic rings. The molecule has 0 saturated carbocycles. The summed E-state index contributed by atoms with van der Waals surface area (Å²) in [5, 5.41) is 9.86. The van der Waals surface area contributed by atoms with Gasteiger partial charge in [0.05, 0.1) is 6.10 Å². The number of rotatable bonds is 5. The molecule has 2 atom stereocenters. The first-order valence-electron chi connectivity index (χ1n) is 5.78. The van der Waals surface area contributed by atoms with Crippen molar-refractivity contribution in [2.24, 2.45) is 0 Å². The van der Waals surface area contributed by atoms with Crippen LogP contribution in [0.3, 0.4) is 0 Å². The van der Waals surface area contributed by atoms with E-state index in [0.29, 0.717) is 5.56 Å². The molecule has 0 aliphatic rings. The van der Waals surface area contributed by atoms with Gasteiger partial charge >= 0.3 is 6.18 Å². The fraction of sp³-hybridized carbons (Fsp3) is 0.538. The zero-order chi connectivity index (χ0) is 13.8. The van der Waals surface area contributed by atoms with Crippen LogP contribution in [0, 0.1) is 0 Å². The van der Waals surface area contributed by atoms with Gasteiger partial charge in [-0.1, -0.05) is 31.2 Å². The van der Waals surface area contributed by atoms with E-state index in [9.17, 15) is 18.3 Å². The van der Waals surface area contributed by atoms with Crippen molar-refractivity contribution in [2.45, 2.75) is 38.7 Å². The number of aliphatic hydroxyl groups excluding tert-OH is 1. The number of ether oxygens (including phenoxy) is 1. The van der Waals surface area contributed by atoms with Crippen molar-refractivity contribution < 1.29 is 23.0 Å². The van der Waals surface area contributed by atoms with E-state index in [4.69, 9.17) is 0 Å². The van der Waals surface area contributed by atoms with Gasteiger partial charge in [-0.25, -0.2) is 0 Å². The highest BCUT2D eigenvalue weighted by Gasteiger charge is 2.30. The molecule has 1 rings (SSSR count). The Kier molecular flexibility index (Phi) is 5.16. The van der Waals surface area contributed by atoms with Crippen LogP contribution in [0.5, 0.6) is 0 Å². The maximum absolute atomic E-state index is 12.0. The molecule has 0 radical (unpaired) electrons. The lowest BCUT2D eigenvalue weighted by Crippen LogP contribution is -2.25. The summed E-state index contributed by atoms with van der Waals surface area (Å²) < 4.78 is 40.5. The Morgan fingerprint density at radius 3 is 2.22 bits per heavy atom. The van der Waals surface area contributed by atoms with Gasteiger partial charge in [0.25, 0.3) is 0 Å². The van der Waals surface area contributed by atoms with E-state index >= 15 is 0 Å². The van der Waals surface area contributed by atoms with Crippen LogP contribution in [-0.4, -0.2) is 24.0 Å². The Morgan fingerprint density at radius 1 is 1.22 bits per heavy atom. The Morgan fingerprint density at radius 2 is 1.78 bits per heavy atom. The molecule has 0 aliphatic carbocycles. The summed E-state index contributed by atoms with van der Waals surface area (Å²) in [6, 6.07) is 7.10. The highest BCUT2D eigenvalue weighted by molar-refractivity contribution is 5.24. The maximum atomic E-state index is 12.0. The monoisotopic (exact) mass is 262 g/mol. The van der Waals surface area contributed by atoms with Crippen LogP contribution < -0.4 is 0 Å². The van der Waals surface area contributed by atoms with Crippen LogP contribution in [0.2, 0.25) is 0 Å². The predicted molar refractivity (Wildman–Crippen MR) is 62.2 cm³/mol. The van der Waals surface area contributed by atoms with Crippen molar-refractivity contribution in [3.63, 3.8) is 0 Å². The quantitative estimate of drug-likeness (QED) is 0.882. The highest BCUT2D eigenvalue weighted by atomic mass is 19.4. The number of aryl methyl sites for hydroxylation is 1. The van der Waals surface area contributed by atoms with Crippen LogP contribution in [0.4, 0.5) is 13.2 Å². The van der Waals surface area contributed by atoms with E-state index in [-0.39, 0.29) is 0 Å². The molecule has 102 valence electrons. The van der Waals surface area contributed by atoms with Crippen molar-refractivity contribution in [1.29, 1.82) is 0 Å². The van der Waals surface area contributed by atoms with E-state index in [1.54, 1.807) is 12.1 Å². The number of hydrogen-bond acceptors (Lipinski definition) is 2. The van der Waals surface area contributed by atoms with E-state index in [1.807, 2.05) is 19.1 Å². The molecule has 1 aromatic carbocycles. The molecule has 0 fully saturated rings. The second-order valence-corrected chi connectivity index (χ2v) is 4.17. The lowest BCUT2D eigenvalue weighted by Gasteiger charge is -2.20. The van der Waals surface area contributed by atoms with Gasteiger partial charge in [0.1, 0.15) is 12.7 Å². The lowest BCUT2D eigenvalue weighted by atomic mass is 10.0. The minimum Gasteiger partial charge on any atom is -0.386 e. The fourth-order valence-electron chi connectivity index (χ4n) is 1.54. The average molecular weight is 262 g/mol. The van der Waals surface area contributed by atoms with Gasteiger partial charge in [0, 0.05) is 0 Å². The van der Waals surface area contributed by atoms with Crippen LogP contribution >= 0.6 is 0 Å². The summed E-state index contributed by atoms with van der Waals surface area (Å²) in [6.07, 6.45) is -5.46. The predicted octanol–water partition coefficient (Wildman–Crippen LogP) is 3.25. The summed E-state index contributed by atoms with van der Waals surface area (Å²) in [6.45, 7) is 2.07. The summed E-state index contributed by atoms with van der Waals surface area (Å²) in [5.74, 6) is 0. The highest BCUT2D eigenvalue weighted by Crippen LogP contribution is 2.22. The molecule has 0 spiro atoms. The van der Waals surface area contributed by atoms with E-state index in [0.717, 1.165) is 12.0 Å². The first-order chi connectivity index (χ1) is 8.33. The van der Waals surface area contributed by atoms with Gasteiger partial charge in [-0.2, -0.15) is 13.2 Å².